The number of nitrogens with zero attached hydrogens (tertiary/aromatic N) is 2. The maximum Gasteiger partial charge on any atom is 0.269 e. The molecule has 0 bridgehead atoms. The zero-order valence-corrected chi connectivity index (χ0v) is 12.8. The van der Waals surface area contributed by atoms with Crippen molar-refractivity contribution in [3.05, 3.63) is 64.2 Å². The van der Waals surface area contributed by atoms with Crippen molar-refractivity contribution in [3.8, 4) is 5.75 Å². The molecule has 2 aromatic rings. The molecule has 0 unspecified atom stereocenters. The summed E-state index contributed by atoms with van der Waals surface area (Å²) in [5, 5.41) is 22.8. The van der Waals surface area contributed by atoms with Gasteiger partial charge in [-0.2, -0.15) is 0 Å². The molecule has 0 atom stereocenters. The fraction of sp³-hybridized carbons (Fsp3) is 0.294. The number of quaternary nitrogens is 1. The predicted molar refractivity (Wildman–Crippen MR) is 85.6 cm³/mol. The summed E-state index contributed by atoms with van der Waals surface area (Å²) in [6, 6.07) is 14.2. The molecule has 1 aliphatic heterocycles. The highest BCUT2D eigenvalue weighted by Crippen LogP contribution is 2.20. The van der Waals surface area contributed by atoms with Crippen molar-refractivity contribution in [1.29, 1.82) is 0 Å². The molecule has 120 valence electrons. The van der Waals surface area contributed by atoms with Crippen molar-refractivity contribution < 1.29 is 14.9 Å². The minimum Gasteiger partial charge on any atom is -0.872 e. The van der Waals surface area contributed by atoms with Gasteiger partial charge in [-0.3, -0.25) is 10.1 Å². The number of nitro groups is 1. The van der Waals surface area contributed by atoms with E-state index in [2.05, 4.69) is 17.0 Å². The number of nitro benzene ring substituents is 1. The lowest BCUT2D eigenvalue weighted by atomic mass is 10.1. The third-order valence-electron chi connectivity index (χ3n) is 4.29. The van der Waals surface area contributed by atoms with Crippen molar-refractivity contribution in [2.75, 3.05) is 31.1 Å². The molecule has 1 saturated heterocycles. The van der Waals surface area contributed by atoms with Crippen LogP contribution >= 0.6 is 0 Å². The Balaban J connectivity index is 1.63. The van der Waals surface area contributed by atoms with Gasteiger partial charge in [0.15, 0.2) is 0 Å². The number of nitrogens with one attached hydrogen (secondary N) is 1. The number of para-hydroxylation sites is 1. The molecule has 1 heterocycles. The topological polar surface area (TPSA) is 73.9 Å². The van der Waals surface area contributed by atoms with E-state index in [-0.39, 0.29) is 11.4 Å². The van der Waals surface area contributed by atoms with E-state index in [4.69, 9.17) is 0 Å². The van der Waals surface area contributed by atoms with Gasteiger partial charge in [0.25, 0.3) is 5.69 Å². The molecular weight excluding hydrogens is 294 g/mol. The highest BCUT2D eigenvalue weighted by molar-refractivity contribution is 5.46. The van der Waals surface area contributed by atoms with E-state index < -0.39 is 4.92 Å². The quantitative estimate of drug-likeness (QED) is 0.662. The molecule has 1 fully saturated rings. The summed E-state index contributed by atoms with van der Waals surface area (Å²) in [5.74, 6) is -0.117. The van der Waals surface area contributed by atoms with Crippen LogP contribution in [0.1, 0.15) is 5.56 Å². The number of piperazine rings is 1. The van der Waals surface area contributed by atoms with Crippen LogP contribution < -0.4 is 14.9 Å². The first-order valence-electron chi connectivity index (χ1n) is 7.71. The first-order valence-corrected chi connectivity index (χ1v) is 7.71. The van der Waals surface area contributed by atoms with E-state index >= 15 is 0 Å². The Hall–Kier alpha value is -2.60. The van der Waals surface area contributed by atoms with Crippen LogP contribution in [0, 0.1) is 10.1 Å². The molecule has 2 aromatic carbocycles. The summed E-state index contributed by atoms with van der Waals surface area (Å²) in [6.45, 7) is 4.21. The van der Waals surface area contributed by atoms with Crippen molar-refractivity contribution in [2.24, 2.45) is 0 Å². The molecule has 23 heavy (non-hydrogen) atoms. The van der Waals surface area contributed by atoms with E-state index in [0.717, 1.165) is 26.2 Å². The van der Waals surface area contributed by atoms with Crippen molar-refractivity contribution >= 4 is 11.4 Å². The molecule has 3 rings (SSSR count). The molecule has 0 aliphatic carbocycles. The normalized spacial score (nSPS) is 15.6. The fourth-order valence-corrected chi connectivity index (χ4v) is 2.98. The van der Waals surface area contributed by atoms with Gasteiger partial charge in [-0.15, -0.1) is 0 Å². The molecule has 1 N–H and O–H groups in total. The van der Waals surface area contributed by atoms with Crippen LogP contribution in [-0.4, -0.2) is 31.1 Å². The number of rotatable bonds is 4. The Morgan fingerprint density at radius 3 is 2.43 bits per heavy atom. The Labute approximate surface area is 134 Å². The summed E-state index contributed by atoms with van der Waals surface area (Å²) in [4.78, 5) is 14.0. The van der Waals surface area contributed by atoms with Crippen LogP contribution in [0.4, 0.5) is 11.4 Å². The van der Waals surface area contributed by atoms with Crippen LogP contribution in [0.2, 0.25) is 0 Å². The Bertz CT molecular complexity index is 683. The molecule has 0 amide bonds. The van der Waals surface area contributed by atoms with Gasteiger partial charge in [0.2, 0.25) is 0 Å². The molecule has 0 saturated carbocycles. The van der Waals surface area contributed by atoms with Gasteiger partial charge in [-0.25, -0.2) is 0 Å². The molecule has 6 nitrogen and oxygen atoms in total. The minimum atomic E-state index is -0.453. The lowest BCUT2D eigenvalue weighted by molar-refractivity contribution is -0.914. The number of benzene rings is 2. The summed E-state index contributed by atoms with van der Waals surface area (Å²) < 4.78 is 0. The summed E-state index contributed by atoms with van der Waals surface area (Å²) in [5.41, 5.74) is 1.73. The lowest BCUT2D eigenvalue weighted by Crippen LogP contribution is -3.13. The zero-order chi connectivity index (χ0) is 16.2. The second kappa shape index (κ2) is 6.66. The van der Waals surface area contributed by atoms with E-state index in [0.29, 0.717) is 12.1 Å². The average molecular weight is 313 g/mol. The first kappa shape index (κ1) is 15.3. The van der Waals surface area contributed by atoms with E-state index in [1.54, 1.807) is 0 Å². The van der Waals surface area contributed by atoms with Crippen LogP contribution in [-0.2, 0) is 6.54 Å². The Kier molecular flexibility index (Phi) is 4.43. The third-order valence-corrected chi connectivity index (χ3v) is 4.29. The van der Waals surface area contributed by atoms with E-state index in [1.165, 1.54) is 28.8 Å². The fourth-order valence-electron chi connectivity index (χ4n) is 2.98. The van der Waals surface area contributed by atoms with Gasteiger partial charge >= 0.3 is 0 Å². The number of hydrogen-bond acceptors (Lipinski definition) is 4. The smallest absolute Gasteiger partial charge is 0.269 e. The SMILES string of the molecule is O=[N+]([O-])c1ccc([O-])c(C[NH+]2CCN(c3ccccc3)CC2)c1. The Morgan fingerprint density at radius 1 is 1.09 bits per heavy atom. The second-order valence-electron chi connectivity index (χ2n) is 5.80. The van der Waals surface area contributed by atoms with Gasteiger partial charge in [-0.05, 0) is 12.1 Å². The molecule has 0 aromatic heterocycles. The van der Waals surface area contributed by atoms with E-state index in [1.807, 2.05) is 18.2 Å². The van der Waals surface area contributed by atoms with Crippen molar-refractivity contribution in [2.45, 2.75) is 6.54 Å². The summed E-state index contributed by atoms with van der Waals surface area (Å²) >= 11 is 0. The molecular formula is C17H19N3O3. The van der Waals surface area contributed by atoms with Gasteiger partial charge < -0.3 is 14.9 Å². The highest BCUT2D eigenvalue weighted by atomic mass is 16.6. The van der Waals surface area contributed by atoms with Gasteiger partial charge in [-0.1, -0.05) is 30.0 Å². The predicted octanol–water partition coefficient (Wildman–Crippen LogP) is 0.573. The monoisotopic (exact) mass is 313 g/mol. The average Bonchev–Trinajstić information content (AvgIpc) is 2.58. The number of non-ortho nitro benzene ring substituents is 1. The molecule has 6 heteroatoms. The van der Waals surface area contributed by atoms with Crippen molar-refractivity contribution in [1.82, 2.24) is 0 Å². The van der Waals surface area contributed by atoms with Crippen LogP contribution in [0.15, 0.2) is 48.5 Å². The second-order valence-corrected chi connectivity index (χ2v) is 5.80. The minimum absolute atomic E-state index is 0.0121. The maximum atomic E-state index is 11.9. The first-order chi connectivity index (χ1) is 11.1. The molecule has 1 aliphatic rings. The molecule has 0 spiro atoms. The van der Waals surface area contributed by atoms with Gasteiger partial charge in [0, 0.05) is 23.4 Å². The number of hydrogen-bond donors (Lipinski definition) is 1. The highest BCUT2D eigenvalue weighted by Gasteiger charge is 2.21. The van der Waals surface area contributed by atoms with Crippen LogP contribution in [0.3, 0.4) is 0 Å². The van der Waals surface area contributed by atoms with Crippen LogP contribution in [0.25, 0.3) is 0 Å². The third kappa shape index (κ3) is 3.60. The largest absolute Gasteiger partial charge is 0.872 e. The lowest BCUT2D eigenvalue weighted by Gasteiger charge is -2.34. The maximum absolute atomic E-state index is 11.9. The van der Waals surface area contributed by atoms with E-state index in [9.17, 15) is 15.2 Å². The Morgan fingerprint density at radius 2 is 1.78 bits per heavy atom. The number of anilines is 1. The van der Waals surface area contributed by atoms with Crippen molar-refractivity contribution in [3.63, 3.8) is 0 Å². The standard InChI is InChI=1S/C17H19N3O3/c21-17-7-6-16(20(22)23)12-14(17)13-18-8-10-19(11-9-18)15-4-2-1-3-5-15/h1-7,12,21H,8-11,13H2. The molecule has 0 radical (unpaired) electrons. The van der Waals surface area contributed by atoms with Gasteiger partial charge in [0.1, 0.15) is 6.54 Å². The van der Waals surface area contributed by atoms with Crippen LogP contribution in [0.5, 0.6) is 5.75 Å². The summed E-state index contributed by atoms with van der Waals surface area (Å²) in [7, 11) is 0. The zero-order valence-electron chi connectivity index (χ0n) is 12.8. The van der Waals surface area contributed by atoms with Gasteiger partial charge in [0.05, 0.1) is 31.1 Å². The summed E-state index contributed by atoms with van der Waals surface area (Å²) in [6.07, 6.45) is 0.